The zero-order valence-corrected chi connectivity index (χ0v) is 28.8. The number of unbranched alkanes of at least 4 members (excludes halogenated alkanes) is 20. The first kappa shape index (κ1) is 41.9. The first-order chi connectivity index (χ1) is 21.5. The Labute approximate surface area is 271 Å². The topological polar surface area (TPSA) is 92.7 Å². The van der Waals surface area contributed by atoms with Crippen LogP contribution in [0.15, 0.2) is 24.3 Å². The van der Waals surface area contributed by atoms with Gasteiger partial charge >= 0.3 is 11.9 Å². The number of esters is 1. The van der Waals surface area contributed by atoms with E-state index in [2.05, 4.69) is 37.4 Å². The molecule has 0 aromatic carbocycles. The second-order valence-electron chi connectivity index (χ2n) is 12.5. The Morgan fingerprint density at radius 3 is 1.68 bits per heavy atom. The molecule has 2 N–H and O–H groups in total. The number of hydrogen-bond donors (Lipinski definition) is 2. The molecule has 0 fully saturated rings. The van der Waals surface area contributed by atoms with E-state index in [4.69, 9.17) is 9.84 Å². The monoisotopic (exact) mass is 620 g/mol. The van der Waals surface area contributed by atoms with Gasteiger partial charge in [0.25, 0.3) is 0 Å². The van der Waals surface area contributed by atoms with Crippen LogP contribution in [0.25, 0.3) is 0 Å². The second-order valence-corrected chi connectivity index (χ2v) is 12.5. The highest BCUT2D eigenvalue weighted by Gasteiger charge is 2.12. The summed E-state index contributed by atoms with van der Waals surface area (Å²) < 4.78 is 5.86. The zero-order valence-electron chi connectivity index (χ0n) is 28.8. The first-order valence-corrected chi connectivity index (χ1v) is 18.5. The first-order valence-electron chi connectivity index (χ1n) is 18.5. The van der Waals surface area contributed by atoms with Crippen molar-refractivity contribution >= 4 is 17.8 Å². The summed E-state index contributed by atoms with van der Waals surface area (Å²) in [4.78, 5) is 34.8. The summed E-state index contributed by atoms with van der Waals surface area (Å²) in [5, 5.41) is 11.0. The molecule has 1 unspecified atom stereocenters. The molecule has 0 aliphatic carbocycles. The Hall–Kier alpha value is -2.11. The minimum absolute atomic E-state index is 0.0976. The fourth-order valence-electron chi connectivity index (χ4n) is 5.35. The van der Waals surface area contributed by atoms with Crippen molar-refractivity contribution in [1.29, 1.82) is 0 Å². The van der Waals surface area contributed by atoms with Crippen LogP contribution in [-0.2, 0) is 19.1 Å². The molecule has 256 valence electrons. The lowest BCUT2D eigenvalue weighted by molar-refractivity contribution is -0.147. The third-order valence-corrected chi connectivity index (χ3v) is 8.11. The molecule has 0 aromatic rings. The number of ether oxygens (including phenoxy) is 1. The Morgan fingerprint density at radius 2 is 1.11 bits per heavy atom. The summed E-state index contributed by atoms with van der Waals surface area (Å²) in [5.41, 5.74) is 0. The second kappa shape index (κ2) is 33.8. The average molecular weight is 620 g/mol. The van der Waals surface area contributed by atoms with Crippen molar-refractivity contribution < 1.29 is 24.2 Å². The number of nitrogens with one attached hydrogen (secondary N) is 1. The van der Waals surface area contributed by atoms with E-state index in [1.54, 1.807) is 0 Å². The third kappa shape index (κ3) is 32.8. The van der Waals surface area contributed by atoms with Crippen molar-refractivity contribution in [3.05, 3.63) is 24.3 Å². The SMILES string of the molecule is CCCCC/C=C\C/C=C\C(CCCCCCC(=O)NCC(=O)O)OC(=O)CCCCCCCCCCCCCCCCC. The molecule has 0 saturated heterocycles. The lowest BCUT2D eigenvalue weighted by atomic mass is 10.0. The average Bonchev–Trinajstić information content (AvgIpc) is 3.00. The largest absolute Gasteiger partial charge is 0.480 e. The van der Waals surface area contributed by atoms with Crippen LogP contribution >= 0.6 is 0 Å². The summed E-state index contributed by atoms with van der Waals surface area (Å²) >= 11 is 0. The van der Waals surface area contributed by atoms with Crippen molar-refractivity contribution in [3.63, 3.8) is 0 Å². The molecule has 0 saturated carbocycles. The van der Waals surface area contributed by atoms with Gasteiger partial charge in [0.2, 0.25) is 5.91 Å². The summed E-state index contributed by atoms with van der Waals surface area (Å²) in [6.45, 7) is 4.16. The highest BCUT2D eigenvalue weighted by atomic mass is 16.5. The van der Waals surface area contributed by atoms with E-state index < -0.39 is 5.97 Å². The van der Waals surface area contributed by atoms with Crippen molar-refractivity contribution in [2.45, 2.75) is 193 Å². The van der Waals surface area contributed by atoms with E-state index in [1.165, 1.54) is 103 Å². The van der Waals surface area contributed by atoms with E-state index in [0.717, 1.165) is 57.8 Å². The number of carbonyl (C=O) groups excluding carboxylic acids is 2. The van der Waals surface area contributed by atoms with Gasteiger partial charge in [-0.25, -0.2) is 0 Å². The Balaban J connectivity index is 4.13. The Bertz CT molecular complexity index is 733. The van der Waals surface area contributed by atoms with Crippen molar-refractivity contribution in [3.8, 4) is 0 Å². The van der Waals surface area contributed by atoms with Crippen LogP contribution in [0.4, 0.5) is 0 Å². The van der Waals surface area contributed by atoms with Crippen LogP contribution in [0.1, 0.15) is 187 Å². The lowest BCUT2D eigenvalue weighted by Crippen LogP contribution is -2.28. The van der Waals surface area contributed by atoms with Gasteiger partial charge in [0.05, 0.1) is 0 Å². The molecule has 1 amide bonds. The van der Waals surface area contributed by atoms with Crippen LogP contribution < -0.4 is 5.32 Å². The van der Waals surface area contributed by atoms with Crippen LogP contribution in [0.3, 0.4) is 0 Å². The lowest BCUT2D eigenvalue weighted by Gasteiger charge is -2.14. The van der Waals surface area contributed by atoms with Crippen molar-refractivity contribution in [2.75, 3.05) is 6.54 Å². The maximum absolute atomic E-state index is 12.6. The van der Waals surface area contributed by atoms with E-state index >= 15 is 0 Å². The molecular formula is C38H69NO5. The summed E-state index contributed by atoms with van der Waals surface area (Å²) in [6, 6.07) is 0. The number of allylic oxidation sites excluding steroid dienone is 3. The fourth-order valence-corrected chi connectivity index (χ4v) is 5.35. The molecule has 1 atom stereocenters. The molecule has 0 aliphatic rings. The van der Waals surface area contributed by atoms with Crippen LogP contribution in [-0.4, -0.2) is 35.6 Å². The van der Waals surface area contributed by atoms with Gasteiger partial charge in [-0.05, 0) is 51.0 Å². The molecule has 44 heavy (non-hydrogen) atoms. The number of carboxylic acid groups (broad SMARTS) is 1. The molecule has 0 bridgehead atoms. The predicted molar refractivity (Wildman–Crippen MR) is 185 cm³/mol. The van der Waals surface area contributed by atoms with E-state index in [1.807, 2.05) is 6.08 Å². The van der Waals surface area contributed by atoms with E-state index in [9.17, 15) is 14.4 Å². The normalized spacial score (nSPS) is 12.2. The smallest absolute Gasteiger partial charge is 0.322 e. The fraction of sp³-hybridized carbons (Fsp3) is 0.816. The molecule has 0 aliphatic heterocycles. The summed E-state index contributed by atoms with van der Waals surface area (Å²) in [5.74, 6) is -1.35. The molecular weight excluding hydrogens is 550 g/mol. The predicted octanol–water partition coefficient (Wildman–Crippen LogP) is 10.8. The maximum Gasteiger partial charge on any atom is 0.322 e. The van der Waals surface area contributed by atoms with Gasteiger partial charge in [0, 0.05) is 12.8 Å². The van der Waals surface area contributed by atoms with E-state index in [0.29, 0.717) is 12.8 Å². The molecule has 0 heterocycles. The van der Waals surface area contributed by atoms with Gasteiger partial charge < -0.3 is 15.2 Å². The van der Waals surface area contributed by atoms with Crippen LogP contribution in [0.2, 0.25) is 0 Å². The van der Waals surface area contributed by atoms with Gasteiger partial charge in [-0.2, -0.15) is 0 Å². The maximum atomic E-state index is 12.6. The summed E-state index contributed by atoms with van der Waals surface area (Å²) in [7, 11) is 0. The van der Waals surface area contributed by atoms with E-state index in [-0.39, 0.29) is 24.5 Å². The van der Waals surface area contributed by atoms with Crippen LogP contribution in [0, 0.1) is 0 Å². The number of carboxylic acids is 1. The number of hydrogen-bond acceptors (Lipinski definition) is 4. The number of rotatable bonds is 33. The highest BCUT2D eigenvalue weighted by molar-refractivity contribution is 5.80. The van der Waals surface area contributed by atoms with Crippen molar-refractivity contribution in [2.24, 2.45) is 0 Å². The third-order valence-electron chi connectivity index (χ3n) is 8.11. The molecule has 6 heteroatoms. The van der Waals surface area contributed by atoms with Gasteiger partial charge in [-0.1, -0.05) is 148 Å². The van der Waals surface area contributed by atoms with Gasteiger partial charge in [0.1, 0.15) is 12.6 Å². The number of aliphatic carboxylic acids is 1. The molecule has 6 nitrogen and oxygen atoms in total. The Kier molecular flexibility index (Phi) is 32.2. The molecule has 0 radical (unpaired) electrons. The molecule has 0 rings (SSSR count). The van der Waals surface area contributed by atoms with Crippen molar-refractivity contribution in [1.82, 2.24) is 5.32 Å². The zero-order chi connectivity index (χ0) is 32.4. The highest BCUT2D eigenvalue weighted by Crippen LogP contribution is 2.16. The molecule has 0 aromatic heterocycles. The molecule has 0 spiro atoms. The minimum atomic E-state index is -1.03. The van der Waals surface area contributed by atoms with Gasteiger partial charge in [-0.15, -0.1) is 0 Å². The number of amides is 1. The standard InChI is InChI=1S/C38H69NO5/c1-3-5-7-9-11-13-14-15-16-17-18-19-21-23-29-33-38(43)44-35(30-26-22-20-12-10-8-6-4-2)31-27-24-25-28-32-36(40)39-34-37(41)42/h12,20,26,30,35H,3-11,13-19,21-25,27-29,31-34H2,1-2H3,(H,39,40)(H,41,42)/b20-12-,30-26-. The number of carbonyl (C=O) groups is 3. The Morgan fingerprint density at radius 1 is 0.614 bits per heavy atom. The van der Waals surface area contributed by atoms with Crippen LogP contribution in [0.5, 0.6) is 0 Å². The quantitative estimate of drug-likeness (QED) is 0.0433. The summed E-state index contributed by atoms with van der Waals surface area (Å²) in [6.07, 6.45) is 38.8. The van der Waals surface area contributed by atoms with Gasteiger partial charge in [-0.3, -0.25) is 14.4 Å². The minimum Gasteiger partial charge on any atom is -0.480 e. The van der Waals surface area contributed by atoms with Gasteiger partial charge in [0.15, 0.2) is 0 Å².